The molecule has 3 rings (SSSR count). The van der Waals surface area contributed by atoms with E-state index < -0.39 is 56.8 Å². The Morgan fingerprint density at radius 2 is 2.08 bits per heavy atom. The average Bonchev–Trinajstić information content (AvgIpc) is 3.21. The Morgan fingerprint density at radius 1 is 1.42 bits per heavy atom. The first-order valence-electron chi connectivity index (χ1n) is 10.1. The molecular formula is C18H22N6O10S2. The maximum Gasteiger partial charge on any atom is 0.418 e. The number of thiazole rings is 1. The van der Waals surface area contributed by atoms with Gasteiger partial charge in [0.15, 0.2) is 22.7 Å². The number of nitrogens with one attached hydrogen (secondary N) is 1. The van der Waals surface area contributed by atoms with Crippen molar-refractivity contribution in [1.29, 1.82) is 0 Å². The maximum absolute atomic E-state index is 13.1. The molecule has 2 atom stereocenters. The predicted molar refractivity (Wildman–Crippen MR) is 122 cm³/mol. The first kappa shape index (κ1) is 26.9. The van der Waals surface area contributed by atoms with Crippen LogP contribution in [0, 0.1) is 0 Å². The minimum atomic E-state index is -4.99. The van der Waals surface area contributed by atoms with Crippen LogP contribution in [-0.4, -0.2) is 67.2 Å². The summed E-state index contributed by atoms with van der Waals surface area (Å²) in [5.74, 6) is -2.62. The van der Waals surface area contributed by atoms with E-state index >= 15 is 0 Å². The summed E-state index contributed by atoms with van der Waals surface area (Å²) in [5, 5.41) is 27.6. The zero-order valence-corrected chi connectivity index (χ0v) is 20.6. The van der Waals surface area contributed by atoms with Gasteiger partial charge in [0.25, 0.3) is 11.8 Å². The van der Waals surface area contributed by atoms with E-state index in [9.17, 15) is 33.1 Å². The second kappa shape index (κ2) is 9.72. The third kappa shape index (κ3) is 5.40. The van der Waals surface area contributed by atoms with Gasteiger partial charge in [-0.3, -0.25) is 18.9 Å². The number of anilines is 1. The summed E-state index contributed by atoms with van der Waals surface area (Å²) in [6, 6.07) is -0.353. The highest BCUT2D eigenvalue weighted by atomic mass is 32.3. The summed E-state index contributed by atoms with van der Waals surface area (Å²) < 4.78 is 35.6. The quantitative estimate of drug-likeness (QED) is 0.0883. The van der Waals surface area contributed by atoms with E-state index in [1.54, 1.807) is 6.92 Å². The monoisotopic (exact) mass is 546 g/mol. The van der Waals surface area contributed by atoms with Gasteiger partial charge in [0.05, 0.1) is 11.7 Å². The minimum Gasteiger partial charge on any atom is -0.503 e. The molecule has 0 spiro atoms. The zero-order chi connectivity index (χ0) is 27.0. The number of carbonyl (C=O) groups excluding carboxylic acids is 2. The van der Waals surface area contributed by atoms with Crippen LogP contribution in [0.5, 0.6) is 5.75 Å². The summed E-state index contributed by atoms with van der Waals surface area (Å²) >= 11 is 0.986. The number of nitrogen functional groups attached to an aromatic ring is 1. The Labute approximate surface area is 207 Å². The van der Waals surface area contributed by atoms with E-state index in [-0.39, 0.29) is 22.9 Å². The molecule has 6 N–H and O–H groups in total. The van der Waals surface area contributed by atoms with E-state index in [4.69, 9.17) is 15.1 Å². The normalized spacial score (nSPS) is 18.4. The standard InChI is InChI=1S/C18H22N6O10S2/c1-4-12(9-5-10(25)11(26)6-23(9)29)33-22-13(8-7-35-17(19)20-8)15(27)21-14-16(28)24(18(14,2)3)34-36(30,31)32/h5-7,12,14,26,29H,4H2,1-3H3,(H2,19,20)(H,21,27)(H,30,31,32)/b22-13-. The molecule has 2 aromatic rings. The molecule has 16 nitrogen and oxygen atoms in total. The van der Waals surface area contributed by atoms with E-state index in [1.165, 1.54) is 19.2 Å². The minimum absolute atomic E-state index is 0.0208. The van der Waals surface area contributed by atoms with Crippen molar-refractivity contribution < 1.29 is 42.0 Å². The van der Waals surface area contributed by atoms with Gasteiger partial charge < -0.3 is 26.2 Å². The highest BCUT2D eigenvalue weighted by molar-refractivity contribution is 7.80. The van der Waals surface area contributed by atoms with Gasteiger partial charge in [0, 0.05) is 11.4 Å². The maximum atomic E-state index is 13.1. The number of hydroxylamine groups is 2. The highest BCUT2D eigenvalue weighted by Crippen LogP contribution is 2.33. The van der Waals surface area contributed by atoms with Crippen LogP contribution in [0.15, 0.2) is 27.6 Å². The Morgan fingerprint density at radius 3 is 2.61 bits per heavy atom. The number of amides is 2. The second-order valence-electron chi connectivity index (χ2n) is 8.00. The number of nitrogens with zero attached hydrogens (tertiary/aromatic N) is 4. The number of aromatic hydroxyl groups is 1. The molecule has 0 aromatic carbocycles. The van der Waals surface area contributed by atoms with Crippen molar-refractivity contribution in [3.8, 4) is 5.75 Å². The van der Waals surface area contributed by atoms with Gasteiger partial charge in [-0.2, -0.15) is 18.2 Å². The lowest BCUT2D eigenvalue weighted by Crippen LogP contribution is -2.76. The molecule has 1 aliphatic rings. The van der Waals surface area contributed by atoms with Crippen LogP contribution < -0.4 is 16.5 Å². The van der Waals surface area contributed by atoms with E-state index in [0.717, 1.165) is 23.6 Å². The zero-order valence-electron chi connectivity index (χ0n) is 19.0. The fraction of sp³-hybridized carbons (Fsp3) is 0.389. The van der Waals surface area contributed by atoms with Crippen LogP contribution in [-0.2, 0) is 29.1 Å². The first-order chi connectivity index (χ1) is 16.7. The number of aromatic nitrogens is 2. The predicted octanol–water partition coefficient (Wildman–Crippen LogP) is -0.458. The lowest BCUT2D eigenvalue weighted by molar-refractivity contribution is -0.218. The van der Waals surface area contributed by atoms with Gasteiger partial charge in [0.1, 0.15) is 17.4 Å². The average molecular weight is 547 g/mol. The molecule has 2 unspecified atom stereocenters. The summed E-state index contributed by atoms with van der Waals surface area (Å²) in [6.07, 6.45) is -0.117. The Balaban J connectivity index is 1.88. The molecule has 2 aromatic heterocycles. The SMILES string of the molecule is CCC(O/N=C(\C(=O)NC1C(=O)N(OS(=O)(=O)O)C1(C)C)c1csc(N)n1)c1cc(=O)c(O)cn1O. The fourth-order valence-electron chi connectivity index (χ4n) is 3.24. The van der Waals surface area contributed by atoms with Crippen LogP contribution in [0.1, 0.15) is 44.7 Å². The number of pyridine rings is 1. The fourth-order valence-corrected chi connectivity index (χ4v) is 4.24. The van der Waals surface area contributed by atoms with E-state index in [0.29, 0.717) is 9.79 Å². The number of nitrogens with two attached hydrogens (primary N) is 1. The summed E-state index contributed by atoms with van der Waals surface area (Å²) in [6.45, 7) is 4.38. The molecule has 0 bridgehead atoms. The van der Waals surface area contributed by atoms with E-state index in [2.05, 4.69) is 19.7 Å². The topological polar surface area (TPSA) is 236 Å². The molecule has 1 fully saturated rings. The molecule has 0 saturated carbocycles. The molecular weight excluding hydrogens is 524 g/mol. The molecule has 0 aliphatic carbocycles. The third-order valence-electron chi connectivity index (χ3n) is 5.11. The van der Waals surface area contributed by atoms with Gasteiger partial charge >= 0.3 is 10.4 Å². The lowest BCUT2D eigenvalue weighted by Gasteiger charge is -2.50. The second-order valence-corrected chi connectivity index (χ2v) is 9.89. The first-order valence-corrected chi connectivity index (χ1v) is 12.3. The molecule has 196 valence electrons. The molecule has 18 heteroatoms. The van der Waals surface area contributed by atoms with Crippen molar-refractivity contribution in [3.05, 3.63) is 39.3 Å². The summed E-state index contributed by atoms with van der Waals surface area (Å²) in [5.41, 5.74) is 2.96. The Hall–Kier alpha value is -3.74. The van der Waals surface area contributed by atoms with Crippen LogP contribution >= 0.6 is 11.3 Å². The molecule has 1 saturated heterocycles. The summed E-state index contributed by atoms with van der Waals surface area (Å²) in [4.78, 5) is 46.6. The number of rotatable bonds is 9. The van der Waals surface area contributed by atoms with Crippen molar-refractivity contribution in [2.45, 2.75) is 44.9 Å². The van der Waals surface area contributed by atoms with Crippen LogP contribution in [0.25, 0.3) is 0 Å². The van der Waals surface area contributed by atoms with Crippen LogP contribution in [0.3, 0.4) is 0 Å². The molecule has 3 heterocycles. The molecule has 36 heavy (non-hydrogen) atoms. The Bertz CT molecular complexity index is 1380. The van der Waals surface area contributed by atoms with Gasteiger partial charge in [-0.15, -0.1) is 15.6 Å². The van der Waals surface area contributed by atoms with Gasteiger partial charge in [-0.25, -0.2) is 4.98 Å². The smallest absolute Gasteiger partial charge is 0.418 e. The van der Waals surface area contributed by atoms with Crippen molar-refractivity contribution in [1.82, 2.24) is 20.1 Å². The third-order valence-corrected chi connectivity index (χ3v) is 6.12. The molecule has 1 aliphatic heterocycles. The van der Waals surface area contributed by atoms with Gasteiger partial charge in [-0.1, -0.05) is 12.1 Å². The largest absolute Gasteiger partial charge is 0.503 e. The van der Waals surface area contributed by atoms with Crippen molar-refractivity contribution in [2.24, 2.45) is 5.16 Å². The summed E-state index contributed by atoms with van der Waals surface area (Å²) in [7, 11) is -4.99. The number of hydrogen-bond acceptors (Lipinski definition) is 13. The number of carbonyl (C=O) groups is 2. The van der Waals surface area contributed by atoms with Crippen LogP contribution in [0.4, 0.5) is 5.13 Å². The number of oxime groups is 1. The molecule has 2 amide bonds. The Kier molecular flexibility index (Phi) is 7.25. The van der Waals surface area contributed by atoms with Gasteiger partial charge in [-0.05, 0) is 20.3 Å². The van der Waals surface area contributed by atoms with Crippen LogP contribution in [0.2, 0.25) is 0 Å². The highest BCUT2D eigenvalue weighted by Gasteiger charge is 2.58. The lowest BCUT2D eigenvalue weighted by atomic mass is 9.84. The van der Waals surface area contributed by atoms with E-state index in [1.807, 2.05) is 0 Å². The van der Waals surface area contributed by atoms with Gasteiger partial charge in [0.2, 0.25) is 5.43 Å². The van der Waals surface area contributed by atoms with Crippen molar-refractivity contribution >= 4 is 44.4 Å². The van der Waals surface area contributed by atoms with Crippen molar-refractivity contribution in [2.75, 3.05) is 5.73 Å². The number of β-lactam (4-membered cyclic amide) rings is 1. The molecule has 0 radical (unpaired) electrons. The number of hydrogen-bond donors (Lipinski definition) is 5. The van der Waals surface area contributed by atoms with Crippen molar-refractivity contribution in [3.63, 3.8) is 0 Å².